The Hall–Kier alpha value is -7.94. The second kappa shape index (κ2) is 13.9. The number of furan rings is 1. The predicted octanol–water partition coefficient (Wildman–Crippen LogP) is 16.7. The van der Waals surface area contributed by atoms with Gasteiger partial charge in [0.2, 0.25) is 0 Å². The van der Waals surface area contributed by atoms with E-state index in [1.54, 1.807) is 0 Å². The monoisotopic (exact) mass is 763 g/mol. The van der Waals surface area contributed by atoms with Crippen molar-refractivity contribution in [3.63, 3.8) is 0 Å². The number of hydrogen-bond acceptors (Lipinski definition) is 2. The second-order valence-electron chi connectivity index (χ2n) is 15.6. The van der Waals surface area contributed by atoms with Crippen LogP contribution in [0.15, 0.2) is 229 Å². The first-order valence-electron chi connectivity index (χ1n) is 20.6. The molecule has 2 heteroatoms. The third kappa shape index (κ3) is 5.57. The Balaban J connectivity index is 1.03. The summed E-state index contributed by atoms with van der Waals surface area (Å²) in [5.74, 6) is 0. The van der Waals surface area contributed by atoms with Gasteiger partial charge >= 0.3 is 0 Å². The van der Waals surface area contributed by atoms with Crippen molar-refractivity contribution in [3.8, 4) is 33.4 Å². The first-order valence-corrected chi connectivity index (χ1v) is 20.6. The smallest absolute Gasteiger partial charge is 0.143 e. The van der Waals surface area contributed by atoms with E-state index >= 15 is 0 Å². The molecule has 0 aliphatic heterocycles. The van der Waals surface area contributed by atoms with Crippen LogP contribution in [-0.2, 0) is 0 Å². The highest BCUT2D eigenvalue weighted by Crippen LogP contribution is 2.47. The molecule has 0 saturated heterocycles. The fourth-order valence-corrected chi connectivity index (χ4v) is 9.31. The summed E-state index contributed by atoms with van der Waals surface area (Å²) >= 11 is 0. The molecule has 280 valence electrons. The van der Waals surface area contributed by atoms with Crippen molar-refractivity contribution in [1.82, 2.24) is 0 Å². The summed E-state index contributed by atoms with van der Waals surface area (Å²) in [7, 11) is 0. The molecule has 0 aliphatic rings. The average molecular weight is 764 g/mol. The van der Waals surface area contributed by atoms with Crippen LogP contribution in [0.25, 0.3) is 98.4 Å². The van der Waals surface area contributed by atoms with Crippen molar-refractivity contribution in [2.24, 2.45) is 0 Å². The van der Waals surface area contributed by atoms with Gasteiger partial charge in [-0.2, -0.15) is 0 Å². The number of para-hydroxylation sites is 2. The molecule has 0 amide bonds. The maximum Gasteiger partial charge on any atom is 0.143 e. The van der Waals surface area contributed by atoms with E-state index in [9.17, 15) is 0 Å². The molecule has 1 aromatic heterocycles. The molecule has 0 saturated carbocycles. The van der Waals surface area contributed by atoms with Crippen LogP contribution in [0.5, 0.6) is 0 Å². The van der Waals surface area contributed by atoms with Crippen molar-refractivity contribution in [2.75, 3.05) is 4.90 Å². The number of rotatable bonds is 6. The fraction of sp³-hybridized carbons (Fsp3) is 0. The third-order valence-corrected chi connectivity index (χ3v) is 12.2. The maximum absolute atomic E-state index is 6.92. The highest BCUT2D eigenvalue weighted by Gasteiger charge is 2.22. The third-order valence-electron chi connectivity index (χ3n) is 12.2. The molecule has 0 N–H and O–H groups in total. The van der Waals surface area contributed by atoms with Crippen LogP contribution in [-0.4, -0.2) is 0 Å². The summed E-state index contributed by atoms with van der Waals surface area (Å²) in [5.41, 5.74) is 12.0. The molecule has 0 radical (unpaired) electrons. The molecule has 11 aromatic carbocycles. The topological polar surface area (TPSA) is 16.4 Å². The Kier molecular flexibility index (Phi) is 7.89. The number of benzene rings is 11. The van der Waals surface area contributed by atoms with Crippen LogP contribution in [0.4, 0.5) is 17.1 Å². The van der Waals surface area contributed by atoms with Crippen molar-refractivity contribution in [1.29, 1.82) is 0 Å². The lowest BCUT2D eigenvalue weighted by Gasteiger charge is -2.29. The lowest BCUT2D eigenvalue weighted by molar-refractivity contribution is 0.674. The van der Waals surface area contributed by atoms with Crippen LogP contribution >= 0.6 is 0 Å². The summed E-state index contributed by atoms with van der Waals surface area (Å²) in [6.07, 6.45) is 0. The van der Waals surface area contributed by atoms with Crippen LogP contribution in [0.3, 0.4) is 0 Å². The van der Waals surface area contributed by atoms with E-state index in [1.165, 1.54) is 54.4 Å². The molecule has 12 aromatic rings. The Labute approximate surface area is 347 Å². The minimum absolute atomic E-state index is 0.891. The quantitative estimate of drug-likeness (QED) is 0.157. The molecule has 2 nitrogen and oxygen atoms in total. The molecular formula is C58H37NO. The molecule has 0 bridgehead atoms. The van der Waals surface area contributed by atoms with Gasteiger partial charge in [-0.3, -0.25) is 0 Å². The van der Waals surface area contributed by atoms with E-state index in [0.29, 0.717) is 0 Å². The van der Waals surface area contributed by atoms with E-state index in [4.69, 9.17) is 4.42 Å². The molecule has 1 heterocycles. The Morgan fingerprint density at radius 2 is 0.800 bits per heavy atom. The highest BCUT2D eigenvalue weighted by atomic mass is 16.3. The average Bonchev–Trinajstić information content (AvgIpc) is 3.72. The van der Waals surface area contributed by atoms with Crippen molar-refractivity contribution in [3.05, 3.63) is 224 Å². The molecule has 0 unspecified atom stereocenters. The molecule has 0 fully saturated rings. The predicted molar refractivity (Wildman–Crippen MR) is 255 cm³/mol. The summed E-state index contributed by atoms with van der Waals surface area (Å²) in [6.45, 7) is 0. The van der Waals surface area contributed by atoms with Gasteiger partial charge in [0.15, 0.2) is 0 Å². The molecule has 60 heavy (non-hydrogen) atoms. The summed E-state index contributed by atoms with van der Waals surface area (Å²) in [5, 5.41) is 11.9. The Morgan fingerprint density at radius 3 is 1.65 bits per heavy atom. The van der Waals surface area contributed by atoms with Gasteiger partial charge in [-0.1, -0.05) is 182 Å². The molecule has 0 atom stereocenters. The Morgan fingerprint density at radius 1 is 0.267 bits per heavy atom. The minimum atomic E-state index is 0.891. The highest BCUT2D eigenvalue weighted by molar-refractivity contribution is 6.18. The van der Waals surface area contributed by atoms with Gasteiger partial charge in [-0.25, -0.2) is 0 Å². The first kappa shape index (κ1) is 34.1. The van der Waals surface area contributed by atoms with Crippen LogP contribution in [0.1, 0.15) is 0 Å². The van der Waals surface area contributed by atoms with E-state index < -0.39 is 0 Å². The van der Waals surface area contributed by atoms with Crippen molar-refractivity contribution in [2.45, 2.75) is 0 Å². The van der Waals surface area contributed by atoms with Gasteiger partial charge in [0.25, 0.3) is 0 Å². The van der Waals surface area contributed by atoms with Gasteiger partial charge in [-0.05, 0) is 97.0 Å². The van der Waals surface area contributed by atoms with Gasteiger partial charge in [0, 0.05) is 38.4 Å². The lowest BCUT2D eigenvalue weighted by atomic mass is 9.96. The van der Waals surface area contributed by atoms with Crippen LogP contribution in [0.2, 0.25) is 0 Å². The lowest BCUT2D eigenvalue weighted by Crippen LogP contribution is -2.11. The fourth-order valence-electron chi connectivity index (χ4n) is 9.31. The van der Waals surface area contributed by atoms with Crippen molar-refractivity contribution < 1.29 is 4.42 Å². The molecule has 0 aliphatic carbocycles. The number of nitrogens with zero attached hydrogens (tertiary/aromatic N) is 1. The normalized spacial score (nSPS) is 11.7. The van der Waals surface area contributed by atoms with E-state index in [1.807, 2.05) is 0 Å². The van der Waals surface area contributed by atoms with Gasteiger partial charge < -0.3 is 9.32 Å². The molecular weight excluding hydrogens is 727 g/mol. The minimum Gasteiger partial charge on any atom is -0.455 e. The van der Waals surface area contributed by atoms with Gasteiger partial charge in [0.1, 0.15) is 11.2 Å². The number of fused-ring (bicyclic) bond motifs is 9. The zero-order valence-electron chi connectivity index (χ0n) is 32.7. The van der Waals surface area contributed by atoms with Crippen LogP contribution < -0.4 is 4.90 Å². The van der Waals surface area contributed by atoms with E-state index in [2.05, 4.69) is 229 Å². The summed E-state index contributed by atoms with van der Waals surface area (Å²) in [4.78, 5) is 2.43. The zero-order chi connectivity index (χ0) is 39.6. The maximum atomic E-state index is 6.92. The Bertz CT molecular complexity index is 3610. The number of anilines is 3. The SMILES string of the molecule is c1cc(-c2ccc(N(c3ccccc3-c3cccc4c3oc3c5ccccc5ccc43)c3cccc4c3ccc3ccccc34)cc2)cc(-c2ccc3ccccc3c2)c1. The van der Waals surface area contributed by atoms with Crippen LogP contribution in [0, 0.1) is 0 Å². The standard InChI is InChI=1S/C58H37NO/c1-2-15-42-37-45(27-26-38(42)12-1)44-17-9-16-43(36-44)39-28-32-46(33-29-39)59(56-25-11-21-49-47-18-5-3-13-40(47)30-34-51(49)56)55-24-8-7-20-50(55)52-22-10-23-53-54-35-31-41-14-4-6-19-48(41)57(54)60-58(52)53/h1-37H. The second-order valence-corrected chi connectivity index (χ2v) is 15.6. The summed E-state index contributed by atoms with van der Waals surface area (Å²) < 4.78 is 6.92. The largest absolute Gasteiger partial charge is 0.455 e. The van der Waals surface area contributed by atoms with Gasteiger partial charge in [-0.15, -0.1) is 0 Å². The first-order chi connectivity index (χ1) is 29.7. The van der Waals surface area contributed by atoms with Gasteiger partial charge in [0.05, 0.1) is 11.4 Å². The van der Waals surface area contributed by atoms with E-state index in [0.717, 1.165) is 61.1 Å². The van der Waals surface area contributed by atoms with E-state index in [-0.39, 0.29) is 0 Å². The molecule has 12 rings (SSSR count). The number of hydrogen-bond donors (Lipinski definition) is 0. The van der Waals surface area contributed by atoms with Crippen molar-refractivity contribution >= 4 is 82.1 Å². The zero-order valence-corrected chi connectivity index (χ0v) is 32.7. The molecule has 0 spiro atoms. The summed E-state index contributed by atoms with van der Waals surface area (Å²) in [6, 6.07) is 81.3.